The van der Waals surface area contributed by atoms with E-state index in [1.54, 1.807) is 17.0 Å². The van der Waals surface area contributed by atoms with Gasteiger partial charge in [0.1, 0.15) is 23.0 Å². The zero-order valence-electron chi connectivity index (χ0n) is 19.3. The lowest BCUT2D eigenvalue weighted by atomic mass is 10.1. The van der Waals surface area contributed by atoms with Gasteiger partial charge in [0.2, 0.25) is 10.0 Å². The van der Waals surface area contributed by atoms with Crippen LogP contribution in [0, 0.1) is 5.82 Å². The Labute approximate surface area is 208 Å². The van der Waals surface area contributed by atoms with E-state index in [0.29, 0.717) is 19.6 Å². The Morgan fingerprint density at radius 1 is 1.14 bits per heavy atom. The van der Waals surface area contributed by atoms with Gasteiger partial charge in [0.15, 0.2) is 6.61 Å². The molecule has 1 aliphatic heterocycles. The van der Waals surface area contributed by atoms with Crippen molar-refractivity contribution in [3.63, 3.8) is 0 Å². The van der Waals surface area contributed by atoms with Gasteiger partial charge >= 0.3 is 5.97 Å². The fourth-order valence-electron chi connectivity index (χ4n) is 3.86. The summed E-state index contributed by atoms with van der Waals surface area (Å²) in [5.41, 5.74) is 0.974. The molecule has 1 heterocycles. The summed E-state index contributed by atoms with van der Waals surface area (Å²) >= 11 is 5.92. The van der Waals surface area contributed by atoms with Gasteiger partial charge in [-0.2, -0.15) is 4.72 Å². The van der Waals surface area contributed by atoms with Crippen molar-refractivity contribution in [2.75, 3.05) is 26.2 Å². The Morgan fingerprint density at radius 3 is 2.49 bits per heavy atom. The van der Waals surface area contributed by atoms with Gasteiger partial charge in [-0.3, -0.25) is 14.5 Å². The van der Waals surface area contributed by atoms with Gasteiger partial charge in [0.05, 0.1) is 0 Å². The average molecular weight is 528 g/mol. The number of carboxylic acid groups (broad SMARTS) is 1. The highest BCUT2D eigenvalue weighted by atomic mass is 35.5. The van der Waals surface area contributed by atoms with E-state index in [-0.39, 0.29) is 39.5 Å². The number of benzene rings is 2. The molecule has 1 amide bonds. The summed E-state index contributed by atoms with van der Waals surface area (Å²) in [7, 11) is -4.24. The number of hydrogen-bond donors (Lipinski definition) is 2. The van der Waals surface area contributed by atoms with Gasteiger partial charge in [-0.1, -0.05) is 23.7 Å². The summed E-state index contributed by atoms with van der Waals surface area (Å²) in [5.74, 6) is -2.08. The molecule has 9 nitrogen and oxygen atoms in total. The third-order valence-corrected chi connectivity index (χ3v) is 7.35. The van der Waals surface area contributed by atoms with E-state index in [2.05, 4.69) is 4.90 Å². The molecule has 0 saturated carbocycles. The van der Waals surface area contributed by atoms with Gasteiger partial charge in [0.25, 0.3) is 5.91 Å². The third-order valence-electron chi connectivity index (χ3n) is 5.69. The predicted octanol–water partition coefficient (Wildman–Crippen LogP) is 2.34. The Balaban J connectivity index is 1.65. The smallest absolute Gasteiger partial charge is 0.318 e. The predicted molar refractivity (Wildman–Crippen MR) is 127 cm³/mol. The highest BCUT2D eigenvalue weighted by Gasteiger charge is 2.32. The lowest BCUT2D eigenvalue weighted by Crippen LogP contribution is -2.58. The van der Waals surface area contributed by atoms with Crippen LogP contribution in [0.4, 0.5) is 4.39 Å². The number of amides is 1. The van der Waals surface area contributed by atoms with Crippen molar-refractivity contribution in [2.45, 2.75) is 37.4 Å². The van der Waals surface area contributed by atoms with Crippen LogP contribution in [0.1, 0.15) is 19.4 Å². The Bertz CT molecular complexity index is 1180. The first-order chi connectivity index (χ1) is 16.5. The molecule has 1 saturated heterocycles. The molecule has 12 heteroatoms. The molecular formula is C23H27ClFN3O6S. The quantitative estimate of drug-likeness (QED) is 0.514. The first kappa shape index (κ1) is 26.9. The summed E-state index contributed by atoms with van der Waals surface area (Å²) in [6.07, 6.45) is 0. The number of ether oxygens (including phenoxy) is 1. The monoisotopic (exact) mass is 527 g/mol. The van der Waals surface area contributed by atoms with Crippen molar-refractivity contribution in [1.29, 1.82) is 0 Å². The maximum Gasteiger partial charge on any atom is 0.318 e. The first-order valence-corrected chi connectivity index (χ1v) is 12.7. The molecule has 0 spiro atoms. The number of rotatable bonds is 9. The molecule has 35 heavy (non-hydrogen) atoms. The maximum atomic E-state index is 13.2. The number of halogens is 2. The van der Waals surface area contributed by atoms with Crippen molar-refractivity contribution in [1.82, 2.24) is 14.5 Å². The number of aliphatic carboxylic acids is 1. The molecule has 2 N–H and O–H groups in total. The summed E-state index contributed by atoms with van der Waals surface area (Å²) < 4.78 is 45.7. The van der Waals surface area contributed by atoms with E-state index in [0.717, 1.165) is 11.6 Å². The molecular weight excluding hydrogens is 501 g/mol. The largest absolute Gasteiger partial charge is 0.482 e. The van der Waals surface area contributed by atoms with E-state index < -0.39 is 29.1 Å². The standard InChI is InChI=1S/C23H27ClFN3O6S/c1-15-12-28(16(2)11-27(15)13-17-3-6-19(25)7-4-17)22(29)14-34-20-8-5-18(24)9-21(20)35(32,33)26-10-23(30)31/h3-9,15-16,26H,10-14H2,1-2H3,(H,30,31)/t15-,16+/m0/s1. The van der Waals surface area contributed by atoms with E-state index in [9.17, 15) is 22.4 Å². The van der Waals surface area contributed by atoms with E-state index in [1.807, 2.05) is 18.6 Å². The molecule has 0 aliphatic carbocycles. The summed E-state index contributed by atoms with van der Waals surface area (Å²) in [5, 5.41) is 8.88. The number of piperazine rings is 1. The molecule has 190 valence electrons. The van der Waals surface area contributed by atoms with Gasteiger partial charge in [-0.15, -0.1) is 0 Å². The second-order valence-corrected chi connectivity index (χ2v) is 10.6. The van der Waals surface area contributed by atoms with Gasteiger partial charge in [-0.25, -0.2) is 12.8 Å². The molecule has 1 fully saturated rings. The number of carboxylic acids is 1. The number of nitrogens with zero attached hydrogens (tertiary/aromatic N) is 2. The normalized spacial score (nSPS) is 18.9. The Kier molecular flexibility index (Phi) is 8.70. The van der Waals surface area contributed by atoms with Crippen LogP contribution < -0.4 is 9.46 Å². The zero-order chi connectivity index (χ0) is 25.8. The van der Waals surface area contributed by atoms with Gasteiger partial charge in [-0.05, 0) is 49.7 Å². The minimum Gasteiger partial charge on any atom is -0.482 e. The second kappa shape index (κ2) is 11.3. The summed E-state index contributed by atoms with van der Waals surface area (Å²) in [4.78, 5) is 27.2. The maximum absolute atomic E-state index is 13.2. The molecule has 0 radical (unpaired) electrons. The fourth-order valence-corrected chi connectivity index (χ4v) is 5.24. The van der Waals surface area contributed by atoms with Crippen LogP contribution in [0.3, 0.4) is 0 Å². The van der Waals surface area contributed by atoms with Crippen LogP contribution in [0.5, 0.6) is 5.75 Å². The molecule has 2 aromatic carbocycles. The summed E-state index contributed by atoms with van der Waals surface area (Å²) in [6, 6.07) is 10.1. The van der Waals surface area contributed by atoms with Crippen LogP contribution in [0.2, 0.25) is 5.02 Å². The Morgan fingerprint density at radius 2 is 1.83 bits per heavy atom. The van der Waals surface area contributed by atoms with Crippen molar-refractivity contribution < 1.29 is 32.2 Å². The SMILES string of the molecule is C[C@@H]1CN(Cc2ccc(F)cc2)[C@@H](C)CN1C(=O)COc1ccc(Cl)cc1S(=O)(=O)NCC(=O)O. The minimum absolute atomic E-state index is 0.0342. The van der Waals surface area contributed by atoms with Crippen molar-refractivity contribution >= 4 is 33.5 Å². The molecule has 0 bridgehead atoms. The van der Waals surface area contributed by atoms with E-state index in [1.165, 1.54) is 24.3 Å². The minimum atomic E-state index is -4.24. The number of carbonyl (C=O) groups excluding carboxylic acids is 1. The summed E-state index contributed by atoms with van der Waals surface area (Å²) in [6.45, 7) is 4.35. The lowest BCUT2D eigenvalue weighted by Gasteiger charge is -2.44. The first-order valence-electron chi connectivity index (χ1n) is 10.9. The highest BCUT2D eigenvalue weighted by Crippen LogP contribution is 2.27. The van der Waals surface area contributed by atoms with Crippen LogP contribution in [-0.4, -0.2) is 73.5 Å². The lowest BCUT2D eigenvalue weighted by molar-refractivity contribution is -0.139. The fraction of sp³-hybridized carbons (Fsp3) is 0.391. The van der Waals surface area contributed by atoms with Crippen LogP contribution in [0.25, 0.3) is 0 Å². The van der Waals surface area contributed by atoms with E-state index in [4.69, 9.17) is 21.4 Å². The van der Waals surface area contributed by atoms with Crippen molar-refractivity contribution in [3.8, 4) is 5.75 Å². The molecule has 0 aromatic heterocycles. The van der Waals surface area contributed by atoms with E-state index >= 15 is 0 Å². The second-order valence-electron chi connectivity index (χ2n) is 8.40. The van der Waals surface area contributed by atoms with Gasteiger partial charge < -0.3 is 14.7 Å². The number of hydrogen-bond acceptors (Lipinski definition) is 6. The number of sulfonamides is 1. The number of nitrogens with one attached hydrogen (secondary N) is 1. The number of carbonyl (C=O) groups is 2. The van der Waals surface area contributed by atoms with Crippen LogP contribution in [-0.2, 0) is 26.2 Å². The molecule has 2 aromatic rings. The van der Waals surface area contributed by atoms with Crippen molar-refractivity contribution in [2.24, 2.45) is 0 Å². The van der Waals surface area contributed by atoms with Crippen LogP contribution >= 0.6 is 11.6 Å². The molecule has 1 aliphatic rings. The zero-order valence-corrected chi connectivity index (χ0v) is 20.9. The molecule has 2 atom stereocenters. The molecule has 3 rings (SSSR count). The average Bonchev–Trinajstić information content (AvgIpc) is 2.80. The molecule has 0 unspecified atom stereocenters. The topological polar surface area (TPSA) is 116 Å². The highest BCUT2D eigenvalue weighted by molar-refractivity contribution is 7.89. The Hall–Kier alpha value is -2.73. The van der Waals surface area contributed by atoms with Crippen LogP contribution in [0.15, 0.2) is 47.4 Å². The van der Waals surface area contributed by atoms with Crippen molar-refractivity contribution in [3.05, 3.63) is 58.9 Å². The van der Waals surface area contributed by atoms with Gasteiger partial charge in [0, 0.05) is 36.7 Å². The third kappa shape index (κ3) is 7.14.